The average molecular weight is 870 g/mol. The number of ether oxygens (including phenoxy) is 2. The molecule has 1 saturated heterocycles. The van der Waals surface area contributed by atoms with Crippen LogP contribution in [0.2, 0.25) is 0 Å². The van der Waals surface area contributed by atoms with Crippen LogP contribution in [-0.4, -0.2) is 121 Å². The first-order chi connectivity index (χ1) is 29.4. The quantitative estimate of drug-likeness (QED) is 0.0704. The number of ketones is 2. The molecule has 0 aliphatic carbocycles. The normalized spacial score (nSPS) is 18.3. The van der Waals surface area contributed by atoms with E-state index in [0.29, 0.717) is 13.0 Å². The molecule has 11 nitrogen and oxygen atoms in total. The molecule has 1 N–H and O–H groups in total. The number of carbonyl (C=O) groups excluding carboxylic acids is 4. The highest BCUT2D eigenvalue weighted by Crippen LogP contribution is 2.32. The summed E-state index contributed by atoms with van der Waals surface area (Å²) in [4.78, 5) is 74.8. The maximum atomic E-state index is 14.6. The summed E-state index contributed by atoms with van der Waals surface area (Å²) in [6.07, 6.45) is 11.0. The topological polar surface area (TPSA) is 134 Å². The first kappa shape index (κ1) is 55.0. The number of carboxylic acid groups (broad SMARTS) is 1. The number of carbonyl (C=O) groups is 5. The van der Waals surface area contributed by atoms with E-state index in [1.54, 1.807) is 38.0 Å². The molecule has 0 saturated carbocycles. The van der Waals surface area contributed by atoms with Crippen LogP contribution in [0, 0.1) is 35.5 Å². The van der Waals surface area contributed by atoms with Crippen LogP contribution in [0.1, 0.15) is 151 Å². The lowest BCUT2D eigenvalue weighted by Crippen LogP contribution is -2.54. The van der Waals surface area contributed by atoms with E-state index in [9.17, 15) is 29.1 Å². The molecular formula is C51H87N3O8. The average Bonchev–Trinajstić information content (AvgIpc) is 3.72. The minimum Gasteiger partial charge on any atom is -0.481 e. The van der Waals surface area contributed by atoms with Crippen molar-refractivity contribution in [2.24, 2.45) is 35.5 Å². The number of hydrogen-bond acceptors (Lipinski definition) is 8. The van der Waals surface area contributed by atoms with Gasteiger partial charge >= 0.3 is 5.97 Å². The fourth-order valence-corrected chi connectivity index (χ4v) is 9.88. The fraction of sp³-hybridized carbons (Fsp3) is 0.784. The van der Waals surface area contributed by atoms with Gasteiger partial charge in [-0.05, 0) is 62.6 Å². The van der Waals surface area contributed by atoms with Gasteiger partial charge in [0.15, 0.2) is 5.78 Å². The Bertz CT molecular complexity index is 1490. The maximum Gasteiger partial charge on any atom is 0.307 e. The van der Waals surface area contributed by atoms with Crippen molar-refractivity contribution < 1.29 is 38.6 Å². The van der Waals surface area contributed by atoms with Crippen LogP contribution in [0.4, 0.5) is 0 Å². The van der Waals surface area contributed by atoms with E-state index in [0.717, 1.165) is 37.8 Å². The number of nitrogens with zero attached hydrogens (tertiary/aromatic N) is 3. The largest absolute Gasteiger partial charge is 0.481 e. The number of carboxylic acids is 1. The lowest BCUT2D eigenvalue weighted by molar-refractivity contribution is -0.149. The lowest BCUT2D eigenvalue weighted by Gasteiger charge is -2.41. The molecule has 1 aliphatic heterocycles. The molecule has 0 unspecified atom stereocenters. The summed E-state index contributed by atoms with van der Waals surface area (Å²) in [6, 6.07) is 8.23. The molecule has 1 heterocycles. The van der Waals surface area contributed by atoms with E-state index in [1.807, 2.05) is 51.2 Å². The van der Waals surface area contributed by atoms with Crippen molar-refractivity contribution in [3.63, 3.8) is 0 Å². The molecule has 1 aliphatic rings. The molecule has 1 aromatic rings. The third-order valence-corrected chi connectivity index (χ3v) is 13.8. The van der Waals surface area contributed by atoms with Gasteiger partial charge in [-0.15, -0.1) is 0 Å². The van der Waals surface area contributed by atoms with E-state index in [-0.39, 0.29) is 78.9 Å². The van der Waals surface area contributed by atoms with Gasteiger partial charge in [-0.2, -0.15) is 0 Å². The third kappa shape index (κ3) is 16.8. The van der Waals surface area contributed by atoms with Crippen molar-refractivity contribution in [1.82, 2.24) is 14.7 Å². The van der Waals surface area contributed by atoms with Gasteiger partial charge < -0.3 is 24.4 Å². The molecule has 1 aromatic carbocycles. The van der Waals surface area contributed by atoms with E-state index < -0.39 is 42.0 Å². The Morgan fingerprint density at radius 2 is 1.40 bits per heavy atom. The molecule has 9 atom stereocenters. The van der Waals surface area contributed by atoms with Crippen LogP contribution in [0.5, 0.6) is 0 Å². The van der Waals surface area contributed by atoms with E-state index in [2.05, 4.69) is 39.5 Å². The summed E-state index contributed by atoms with van der Waals surface area (Å²) in [5, 5.41) is 10.00. The van der Waals surface area contributed by atoms with Crippen molar-refractivity contribution in [3.05, 3.63) is 35.9 Å². The number of likely N-dealkylation sites (tertiary alicyclic amines) is 1. The number of unbranched alkanes of at least 4 members (excludes halogenated alkanes) is 7. The highest BCUT2D eigenvalue weighted by Gasteiger charge is 2.43. The summed E-state index contributed by atoms with van der Waals surface area (Å²) in [6.45, 7) is 17.7. The monoisotopic (exact) mass is 870 g/mol. The molecular weight excluding hydrogens is 783 g/mol. The molecule has 1 fully saturated rings. The number of aliphatic carboxylic acids is 1. The Kier molecular flexibility index (Phi) is 25.4. The highest BCUT2D eigenvalue weighted by molar-refractivity contribution is 5.90. The summed E-state index contributed by atoms with van der Waals surface area (Å²) in [5.41, 5.74) is 0.854. The minimum atomic E-state index is -1.02. The van der Waals surface area contributed by atoms with Gasteiger partial charge in [0.1, 0.15) is 5.78 Å². The van der Waals surface area contributed by atoms with E-state index in [4.69, 9.17) is 9.47 Å². The smallest absolute Gasteiger partial charge is 0.307 e. The van der Waals surface area contributed by atoms with E-state index in [1.165, 1.54) is 38.5 Å². The molecule has 11 heteroatoms. The third-order valence-electron chi connectivity index (χ3n) is 13.8. The number of amides is 2. The first-order valence-electron chi connectivity index (χ1n) is 24.1. The zero-order valence-corrected chi connectivity index (χ0v) is 40.9. The minimum absolute atomic E-state index is 0.0109. The van der Waals surface area contributed by atoms with Crippen LogP contribution in [-0.2, 0) is 39.9 Å². The number of benzene rings is 1. The van der Waals surface area contributed by atoms with Gasteiger partial charge in [-0.1, -0.05) is 137 Å². The number of hydrogen-bond donors (Lipinski definition) is 1. The second-order valence-electron chi connectivity index (χ2n) is 19.1. The van der Waals surface area contributed by atoms with Crippen LogP contribution < -0.4 is 0 Å². The Morgan fingerprint density at radius 1 is 0.790 bits per heavy atom. The van der Waals surface area contributed by atoms with Crippen molar-refractivity contribution in [2.45, 2.75) is 182 Å². The summed E-state index contributed by atoms with van der Waals surface area (Å²) in [5.74, 6) is -3.41. The molecule has 0 aromatic heterocycles. The van der Waals surface area contributed by atoms with Crippen molar-refractivity contribution >= 4 is 29.4 Å². The second-order valence-corrected chi connectivity index (χ2v) is 19.1. The molecule has 0 radical (unpaired) electrons. The molecule has 2 rings (SSSR count). The second kappa shape index (κ2) is 28.6. The molecule has 0 bridgehead atoms. The molecule has 62 heavy (non-hydrogen) atoms. The van der Waals surface area contributed by atoms with Crippen LogP contribution in [0.15, 0.2) is 30.3 Å². The predicted octanol–water partition coefficient (Wildman–Crippen LogP) is 9.14. The van der Waals surface area contributed by atoms with Crippen LogP contribution >= 0.6 is 0 Å². The zero-order valence-electron chi connectivity index (χ0n) is 40.9. The Balaban J connectivity index is 2.20. The Hall–Kier alpha value is -3.15. The summed E-state index contributed by atoms with van der Waals surface area (Å²) < 4.78 is 12.1. The van der Waals surface area contributed by atoms with Gasteiger partial charge in [0.25, 0.3) is 0 Å². The summed E-state index contributed by atoms with van der Waals surface area (Å²) in [7, 11) is 6.96. The first-order valence-corrected chi connectivity index (χ1v) is 24.1. The Labute approximate surface area is 376 Å². The molecule has 354 valence electrons. The molecule has 2 amide bonds. The predicted molar refractivity (Wildman–Crippen MR) is 249 cm³/mol. The zero-order chi connectivity index (χ0) is 46.5. The van der Waals surface area contributed by atoms with Crippen molar-refractivity contribution in [3.8, 4) is 0 Å². The summed E-state index contributed by atoms with van der Waals surface area (Å²) >= 11 is 0. The number of Topliss-reactive ketones (excluding diaryl/α,β-unsaturated/α-hetero) is 2. The highest BCUT2D eigenvalue weighted by atomic mass is 16.5. The SMILES string of the molecule is CCCCCCCCCCN(C)[C@H](C(=O)C[C@H](C(=O)N(C)[C@@H]([C@@H](C)CC)[C@@H](CC(=O)N1CCC[C@H]1[C@H](OC)[C@@H](C)C(=O)C[C@@H](Cc1ccccc1)C(=O)O)OC)C(C)C)C(C)C. The van der Waals surface area contributed by atoms with Crippen molar-refractivity contribution in [1.29, 1.82) is 0 Å². The van der Waals surface area contributed by atoms with Crippen molar-refractivity contribution in [2.75, 3.05) is 41.4 Å². The standard InChI is InChI=1S/C51H87N3O8/c1-13-15-16-17-18-19-20-24-29-52(9)47(36(5)6)44(56)33-41(35(3)4)50(58)53(10)48(37(7)14-2)45(61-11)34-46(57)54-30-25-28-42(54)49(62-12)38(8)43(55)32-40(51(59)60)31-39-26-22-21-23-27-39/h21-23,26-27,35-38,40-42,45,47-49H,13-20,24-25,28-34H2,1-12H3,(H,59,60)/t37-,38-,40+,41-,42-,45+,47-,48-,49+/m0/s1. The van der Waals surface area contributed by atoms with Crippen LogP contribution in [0.25, 0.3) is 0 Å². The van der Waals surface area contributed by atoms with Gasteiger partial charge in [0.05, 0.1) is 42.7 Å². The Morgan fingerprint density at radius 3 is 1.94 bits per heavy atom. The number of methoxy groups -OCH3 is 2. The van der Waals surface area contributed by atoms with Crippen LogP contribution in [0.3, 0.4) is 0 Å². The number of likely N-dealkylation sites (N-methyl/N-ethyl adjacent to an activating group) is 2. The molecule has 0 spiro atoms. The van der Waals surface area contributed by atoms with Gasteiger partial charge in [0, 0.05) is 52.5 Å². The van der Waals surface area contributed by atoms with Gasteiger partial charge in [0.2, 0.25) is 11.8 Å². The maximum absolute atomic E-state index is 14.6. The van der Waals surface area contributed by atoms with E-state index >= 15 is 0 Å². The fourth-order valence-electron chi connectivity index (χ4n) is 9.88. The number of rotatable bonds is 32. The lowest BCUT2D eigenvalue weighted by atomic mass is 9.83. The van der Waals surface area contributed by atoms with Gasteiger partial charge in [-0.25, -0.2) is 0 Å². The van der Waals surface area contributed by atoms with Gasteiger partial charge in [-0.3, -0.25) is 28.9 Å².